The normalized spacial score (nSPS) is 20.9. The summed E-state index contributed by atoms with van der Waals surface area (Å²) in [5.74, 6) is 0. The van der Waals surface area contributed by atoms with Crippen molar-refractivity contribution in [2.45, 2.75) is 19.5 Å². The summed E-state index contributed by atoms with van der Waals surface area (Å²) in [6.07, 6.45) is 0. The number of halogens is 1. The van der Waals surface area contributed by atoms with E-state index in [1.165, 1.54) is 0 Å². The molecule has 0 saturated heterocycles. The predicted octanol–water partition coefficient (Wildman–Crippen LogP) is 1.83. The van der Waals surface area contributed by atoms with Gasteiger partial charge in [-0.25, -0.2) is 0 Å². The monoisotopic (exact) mass is 211 g/mol. The maximum absolute atomic E-state index is 5.94. The molecule has 1 aromatic carbocycles. The molecule has 0 aliphatic carbocycles. The highest BCUT2D eigenvalue weighted by Crippen LogP contribution is 2.29. The molecule has 1 aliphatic heterocycles. The summed E-state index contributed by atoms with van der Waals surface area (Å²) in [4.78, 5) is 0. The lowest BCUT2D eigenvalue weighted by atomic mass is 10.1. The van der Waals surface area contributed by atoms with E-state index in [1.807, 2.05) is 6.07 Å². The molecule has 4 N–H and O–H groups in total. The molecular weight excluding hydrogens is 198 g/mol. The van der Waals surface area contributed by atoms with Gasteiger partial charge in [0.2, 0.25) is 0 Å². The van der Waals surface area contributed by atoms with E-state index in [9.17, 15) is 0 Å². The van der Waals surface area contributed by atoms with Crippen molar-refractivity contribution in [2.75, 3.05) is 17.6 Å². The highest BCUT2D eigenvalue weighted by molar-refractivity contribution is 6.31. The fourth-order valence-corrected chi connectivity index (χ4v) is 1.90. The van der Waals surface area contributed by atoms with Crippen LogP contribution in [-0.2, 0) is 6.54 Å². The van der Waals surface area contributed by atoms with Crippen molar-refractivity contribution in [1.29, 1.82) is 0 Å². The van der Waals surface area contributed by atoms with E-state index >= 15 is 0 Å². The minimum absolute atomic E-state index is 0.445. The summed E-state index contributed by atoms with van der Waals surface area (Å²) >= 11 is 5.94. The SMILES string of the molecule is C[C@@H]1CNc2c(N)cc(Cl)cc2CN1. The van der Waals surface area contributed by atoms with Gasteiger partial charge in [0.15, 0.2) is 0 Å². The van der Waals surface area contributed by atoms with Gasteiger partial charge >= 0.3 is 0 Å². The van der Waals surface area contributed by atoms with Crippen LogP contribution in [0.25, 0.3) is 0 Å². The molecule has 0 radical (unpaired) electrons. The molecule has 1 aliphatic rings. The third-order valence-corrected chi connectivity index (χ3v) is 2.66. The predicted molar refractivity (Wildman–Crippen MR) is 60.7 cm³/mol. The lowest BCUT2D eigenvalue weighted by Crippen LogP contribution is -2.29. The second-order valence-electron chi connectivity index (χ2n) is 3.69. The smallest absolute Gasteiger partial charge is 0.0621 e. The number of hydrogen-bond acceptors (Lipinski definition) is 3. The minimum Gasteiger partial charge on any atom is -0.397 e. The lowest BCUT2D eigenvalue weighted by Gasteiger charge is -2.11. The summed E-state index contributed by atoms with van der Waals surface area (Å²) < 4.78 is 0. The van der Waals surface area contributed by atoms with E-state index in [0.717, 1.165) is 30.0 Å². The number of hydrogen-bond donors (Lipinski definition) is 3. The van der Waals surface area contributed by atoms with Gasteiger partial charge in [-0.3, -0.25) is 0 Å². The average Bonchev–Trinajstić information content (AvgIpc) is 2.28. The van der Waals surface area contributed by atoms with Crippen LogP contribution in [0.5, 0.6) is 0 Å². The van der Waals surface area contributed by atoms with E-state index in [4.69, 9.17) is 17.3 Å². The molecule has 1 atom stereocenters. The van der Waals surface area contributed by atoms with Gasteiger partial charge < -0.3 is 16.4 Å². The van der Waals surface area contributed by atoms with Crippen molar-refractivity contribution in [3.8, 4) is 0 Å². The van der Waals surface area contributed by atoms with Gasteiger partial charge in [0.25, 0.3) is 0 Å². The molecule has 1 aromatic rings. The van der Waals surface area contributed by atoms with Crippen LogP contribution in [0.4, 0.5) is 11.4 Å². The molecule has 1 heterocycles. The first kappa shape index (κ1) is 9.62. The Balaban J connectivity index is 2.40. The Morgan fingerprint density at radius 1 is 1.50 bits per heavy atom. The van der Waals surface area contributed by atoms with Crippen LogP contribution in [0, 0.1) is 0 Å². The van der Waals surface area contributed by atoms with Crippen molar-refractivity contribution < 1.29 is 0 Å². The third kappa shape index (κ3) is 1.79. The van der Waals surface area contributed by atoms with Crippen LogP contribution in [0.3, 0.4) is 0 Å². The molecule has 2 rings (SSSR count). The van der Waals surface area contributed by atoms with Crippen LogP contribution in [0.1, 0.15) is 12.5 Å². The molecule has 0 amide bonds. The van der Waals surface area contributed by atoms with Crippen LogP contribution >= 0.6 is 11.6 Å². The molecule has 0 bridgehead atoms. The molecule has 0 unspecified atom stereocenters. The molecule has 0 aromatic heterocycles. The number of nitrogens with two attached hydrogens (primary N) is 1. The first-order chi connectivity index (χ1) is 6.66. The topological polar surface area (TPSA) is 50.1 Å². The summed E-state index contributed by atoms with van der Waals surface area (Å²) in [5, 5.41) is 7.40. The van der Waals surface area contributed by atoms with Gasteiger partial charge in [0.1, 0.15) is 0 Å². The number of benzene rings is 1. The Kier molecular flexibility index (Phi) is 2.52. The Labute approximate surface area is 88.6 Å². The standard InChI is InChI=1S/C10H14ClN3/c1-6-4-14-10-7(5-13-6)2-8(11)3-9(10)12/h2-3,6,13-14H,4-5,12H2,1H3/t6-/m1/s1. The molecule has 76 valence electrons. The van der Waals surface area contributed by atoms with E-state index in [0.29, 0.717) is 11.1 Å². The largest absolute Gasteiger partial charge is 0.397 e. The Morgan fingerprint density at radius 2 is 2.29 bits per heavy atom. The second-order valence-corrected chi connectivity index (χ2v) is 4.13. The van der Waals surface area contributed by atoms with E-state index < -0.39 is 0 Å². The fraction of sp³-hybridized carbons (Fsp3) is 0.400. The van der Waals surface area contributed by atoms with E-state index in [-0.39, 0.29) is 0 Å². The van der Waals surface area contributed by atoms with Crippen LogP contribution in [0.2, 0.25) is 5.02 Å². The lowest BCUT2D eigenvalue weighted by molar-refractivity contribution is 0.581. The maximum Gasteiger partial charge on any atom is 0.0621 e. The molecule has 0 saturated carbocycles. The van der Waals surface area contributed by atoms with E-state index in [2.05, 4.69) is 17.6 Å². The number of anilines is 2. The van der Waals surface area contributed by atoms with Gasteiger partial charge in [-0.15, -0.1) is 0 Å². The fourth-order valence-electron chi connectivity index (χ4n) is 1.65. The third-order valence-electron chi connectivity index (χ3n) is 2.44. The zero-order valence-electron chi connectivity index (χ0n) is 8.10. The number of nitrogens with one attached hydrogen (secondary N) is 2. The molecular formula is C10H14ClN3. The first-order valence-electron chi connectivity index (χ1n) is 4.72. The number of rotatable bonds is 0. The molecule has 0 fully saturated rings. The molecule has 3 nitrogen and oxygen atoms in total. The molecule has 4 heteroatoms. The van der Waals surface area contributed by atoms with Crippen molar-refractivity contribution in [3.05, 3.63) is 22.7 Å². The van der Waals surface area contributed by atoms with Crippen molar-refractivity contribution in [1.82, 2.24) is 5.32 Å². The van der Waals surface area contributed by atoms with Crippen LogP contribution in [-0.4, -0.2) is 12.6 Å². The number of nitrogen functional groups attached to an aromatic ring is 1. The van der Waals surface area contributed by atoms with Gasteiger partial charge in [-0.1, -0.05) is 11.6 Å². The van der Waals surface area contributed by atoms with Crippen LogP contribution in [0.15, 0.2) is 12.1 Å². The Hall–Kier alpha value is -0.930. The Morgan fingerprint density at radius 3 is 3.07 bits per heavy atom. The molecule has 0 spiro atoms. The summed E-state index contributed by atoms with van der Waals surface area (Å²) in [6.45, 7) is 3.84. The average molecular weight is 212 g/mol. The maximum atomic E-state index is 5.94. The minimum atomic E-state index is 0.445. The van der Waals surface area contributed by atoms with Crippen LogP contribution < -0.4 is 16.4 Å². The zero-order valence-corrected chi connectivity index (χ0v) is 8.86. The Bertz CT molecular complexity index is 351. The van der Waals surface area contributed by atoms with Gasteiger partial charge in [-0.2, -0.15) is 0 Å². The van der Waals surface area contributed by atoms with Crippen molar-refractivity contribution >= 4 is 23.0 Å². The van der Waals surface area contributed by atoms with Gasteiger partial charge in [-0.05, 0) is 24.6 Å². The highest BCUT2D eigenvalue weighted by Gasteiger charge is 2.13. The quantitative estimate of drug-likeness (QED) is 0.574. The van der Waals surface area contributed by atoms with Crippen molar-refractivity contribution in [3.63, 3.8) is 0 Å². The number of fused-ring (bicyclic) bond motifs is 1. The van der Waals surface area contributed by atoms with E-state index in [1.54, 1.807) is 6.07 Å². The zero-order chi connectivity index (χ0) is 10.1. The highest BCUT2D eigenvalue weighted by atomic mass is 35.5. The summed E-state index contributed by atoms with van der Waals surface area (Å²) in [5.41, 5.74) is 8.77. The van der Waals surface area contributed by atoms with Gasteiger partial charge in [0.05, 0.1) is 11.4 Å². The summed E-state index contributed by atoms with van der Waals surface area (Å²) in [6, 6.07) is 4.18. The second kappa shape index (κ2) is 3.67. The summed E-state index contributed by atoms with van der Waals surface area (Å²) in [7, 11) is 0. The van der Waals surface area contributed by atoms with Crippen molar-refractivity contribution in [2.24, 2.45) is 0 Å². The first-order valence-corrected chi connectivity index (χ1v) is 5.10. The molecule has 14 heavy (non-hydrogen) atoms. The van der Waals surface area contributed by atoms with Gasteiger partial charge in [0, 0.05) is 24.2 Å².